The van der Waals surface area contributed by atoms with Crippen molar-refractivity contribution < 1.29 is 4.92 Å². The summed E-state index contributed by atoms with van der Waals surface area (Å²) in [6.07, 6.45) is 1.01. The molecule has 0 radical (unpaired) electrons. The molecule has 0 saturated heterocycles. The molecule has 0 aliphatic heterocycles. The summed E-state index contributed by atoms with van der Waals surface area (Å²) in [6, 6.07) is 2.99. The van der Waals surface area contributed by atoms with E-state index >= 15 is 0 Å². The maximum absolute atomic E-state index is 10.8. The molecule has 0 fully saturated rings. The summed E-state index contributed by atoms with van der Waals surface area (Å²) < 4.78 is 0. The summed E-state index contributed by atoms with van der Waals surface area (Å²) in [4.78, 5) is 14.8. The van der Waals surface area contributed by atoms with E-state index < -0.39 is 0 Å². The molecule has 1 rings (SSSR count). The van der Waals surface area contributed by atoms with Crippen LogP contribution < -0.4 is 5.32 Å². The minimum Gasteiger partial charge on any atom is -0.370 e. The van der Waals surface area contributed by atoms with E-state index in [1.807, 2.05) is 6.92 Å². The zero-order chi connectivity index (χ0) is 12.8. The van der Waals surface area contributed by atoms with Crippen molar-refractivity contribution >= 4 is 23.3 Å². The van der Waals surface area contributed by atoms with Crippen LogP contribution in [0, 0.1) is 10.1 Å². The molecule has 94 valence electrons. The Morgan fingerprint density at radius 3 is 2.76 bits per heavy atom. The molecule has 0 aliphatic carbocycles. The Labute approximate surface area is 105 Å². The molecule has 0 aliphatic rings. The van der Waals surface area contributed by atoms with Gasteiger partial charge in [0.2, 0.25) is 0 Å². The zero-order valence-electron chi connectivity index (χ0n) is 10.3. The van der Waals surface area contributed by atoms with Crippen LogP contribution in [0.15, 0.2) is 17.2 Å². The highest BCUT2D eigenvalue weighted by atomic mass is 32.2. The summed E-state index contributed by atoms with van der Waals surface area (Å²) >= 11 is 1.56. The largest absolute Gasteiger partial charge is 0.370 e. The maximum atomic E-state index is 10.8. The SMILES string of the molecule is CCNc1cc([N+](=O)[O-])cc(SC(C)CC)n1. The van der Waals surface area contributed by atoms with E-state index in [1.165, 1.54) is 12.1 Å². The van der Waals surface area contributed by atoms with E-state index in [4.69, 9.17) is 0 Å². The number of nitrogens with one attached hydrogen (secondary N) is 1. The predicted molar refractivity (Wildman–Crippen MR) is 70.7 cm³/mol. The molecule has 6 heteroatoms. The van der Waals surface area contributed by atoms with Crippen molar-refractivity contribution in [3.05, 3.63) is 22.2 Å². The van der Waals surface area contributed by atoms with Crippen molar-refractivity contribution in [2.45, 2.75) is 37.5 Å². The van der Waals surface area contributed by atoms with Gasteiger partial charge in [0.1, 0.15) is 10.8 Å². The number of pyridine rings is 1. The lowest BCUT2D eigenvalue weighted by atomic mass is 10.4. The number of hydrogen-bond donors (Lipinski definition) is 1. The predicted octanol–water partition coefficient (Wildman–Crippen LogP) is 3.31. The third-order valence-electron chi connectivity index (χ3n) is 2.25. The third-order valence-corrected chi connectivity index (χ3v) is 3.44. The van der Waals surface area contributed by atoms with Gasteiger partial charge in [-0.3, -0.25) is 10.1 Å². The molecule has 17 heavy (non-hydrogen) atoms. The average Bonchev–Trinajstić information content (AvgIpc) is 2.29. The Balaban J connectivity index is 2.99. The zero-order valence-corrected chi connectivity index (χ0v) is 11.1. The fourth-order valence-corrected chi connectivity index (χ4v) is 2.14. The Bertz CT molecular complexity index is 398. The second-order valence-electron chi connectivity index (χ2n) is 3.67. The lowest BCUT2D eigenvalue weighted by Gasteiger charge is -2.09. The summed E-state index contributed by atoms with van der Waals surface area (Å²) in [6.45, 7) is 6.79. The number of hydrogen-bond acceptors (Lipinski definition) is 5. The van der Waals surface area contributed by atoms with Crippen molar-refractivity contribution in [2.24, 2.45) is 0 Å². The van der Waals surface area contributed by atoms with Gasteiger partial charge in [0.15, 0.2) is 0 Å². The second-order valence-corrected chi connectivity index (χ2v) is 5.13. The van der Waals surface area contributed by atoms with Gasteiger partial charge in [-0.05, 0) is 13.3 Å². The molecule has 0 bridgehead atoms. The number of nitrogens with zero attached hydrogens (tertiary/aromatic N) is 2. The van der Waals surface area contributed by atoms with Crippen LogP contribution in [0.5, 0.6) is 0 Å². The van der Waals surface area contributed by atoms with Crippen LogP contribution in [-0.4, -0.2) is 21.7 Å². The van der Waals surface area contributed by atoms with Crippen molar-refractivity contribution in [3.8, 4) is 0 Å². The molecule has 1 heterocycles. The summed E-state index contributed by atoms with van der Waals surface area (Å²) in [5.41, 5.74) is 0.0850. The molecule has 1 atom stereocenters. The average molecular weight is 255 g/mol. The number of rotatable bonds is 6. The summed E-state index contributed by atoms with van der Waals surface area (Å²) in [7, 11) is 0. The highest BCUT2D eigenvalue weighted by Crippen LogP contribution is 2.28. The smallest absolute Gasteiger partial charge is 0.275 e. The van der Waals surface area contributed by atoms with Crippen LogP contribution >= 0.6 is 11.8 Å². The summed E-state index contributed by atoms with van der Waals surface area (Å²) in [5.74, 6) is 0.563. The van der Waals surface area contributed by atoms with Crippen molar-refractivity contribution in [1.82, 2.24) is 4.98 Å². The Morgan fingerprint density at radius 2 is 2.24 bits per heavy atom. The molecule has 0 spiro atoms. The van der Waals surface area contributed by atoms with E-state index in [0.29, 0.717) is 22.6 Å². The van der Waals surface area contributed by atoms with E-state index in [-0.39, 0.29) is 10.6 Å². The van der Waals surface area contributed by atoms with Crippen LogP contribution in [0.1, 0.15) is 27.2 Å². The highest BCUT2D eigenvalue weighted by Gasteiger charge is 2.12. The lowest BCUT2D eigenvalue weighted by Crippen LogP contribution is -2.02. The number of anilines is 1. The van der Waals surface area contributed by atoms with Crippen LogP contribution in [-0.2, 0) is 0 Å². The maximum Gasteiger partial charge on any atom is 0.275 e. The molecule has 1 aromatic heterocycles. The molecular weight excluding hydrogens is 238 g/mol. The topological polar surface area (TPSA) is 68.1 Å². The number of nitro groups is 1. The molecular formula is C11H17N3O2S. The Morgan fingerprint density at radius 1 is 1.53 bits per heavy atom. The van der Waals surface area contributed by atoms with Crippen molar-refractivity contribution in [2.75, 3.05) is 11.9 Å². The first-order chi connectivity index (χ1) is 8.06. The van der Waals surface area contributed by atoms with E-state index in [2.05, 4.69) is 24.1 Å². The van der Waals surface area contributed by atoms with E-state index in [1.54, 1.807) is 11.8 Å². The Kier molecular flexibility index (Phi) is 5.21. The minimum absolute atomic E-state index is 0.0850. The molecule has 1 aromatic rings. The molecule has 0 amide bonds. The van der Waals surface area contributed by atoms with Crippen molar-refractivity contribution in [3.63, 3.8) is 0 Å². The van der Waals surface area contributed by atoms with Crippen molar-refractivity contribution in [1.29, 1.82) is 0 Å². The number of aromatic nitrogens is 1. The Hall–Kier alpha value is -1.30. The van der Waals surface area contributed by atoms with E-state index in [0.717, 1.165) is 6.42 Å². The van der Waals surface area contributed by atoms with Gasteiger partial charge in [-0.25, -0.2) is 4.98 Å². The van der Waals surface area contributed by atoms with Gasteiger partial charge in [0.05, 0.1) is 11.0 Å². The van der Waals surface area contributed by atoms with Gasteiger partial charge in [-0.2, -0.15) is 0 Å². The van der Waals surface area contributed by atoms with Crippen LogP contribution in [0.25, 0.3) is 0 Å². The first-order valence-corrected chi connectivity index (χ1v) is 6.51. The molecule has 0 saturated carbocycles. The minimum atomic E-state index is -0.386. The fourth-order valence-electron chi connectivity index (χ4n) is 1.22. The molecule has 1 N–H and O–H groups in total. The third kappa shape index (κ3) is 4.22. The normalized spacial score (nSPS) is 12.2. The summed E-state index contributed by atoms with van der Waals surface area (Å²) in [5, 5.41) is 14.9. The first kappa shape index (κ1) is 13.8. The van der Waals surface area contributed by atoms with Gasteiger partial charge in [-0.1, -0.05) is 13.8 Å². The standard InChI is InChI=1S/C11H17N3O2S/c1-4-8(3)17-11-7-9(14(15)16)6-10(13-11)12-5-2/h6-8H,4-5H2,1-3H3,(H,12,13). The molecule has 5 nitrogen and oxygen atoms in total. The first-order valence-electron chi connectivity index (χ1n) is 5.63. The van der Waals surface area contributed by atoms with E-state index in [9.17, 15) is 10.1 Å². The van der Waals surface area contributed by atoms with Crippen LogP contribution in [0.3, 0.4) is 0 Å². The number of thioether (sulfide) groups is 1. The van der Waals surface area contributed by atoms with Gasteiger partial charge in [0, 0.05) is 17.9 Å². The fraction of sp³-hybridized carbons (Fsp3) is 0.545. The second kappa shape index (κ2) is 6.44. The molecule has 0 aromatic carbocycles. The quantitative estimate of drug-likeness (QED) is 0.480. The van der Waals surface area contributed by atoms with Crippen LogP contribution in [0.2, 0.25) is 0 Å². The lowest BCUT2D eigenvalue weighted by molar-refractivity contribution is -0.385. The highest BCUT2D eigenvalue weighted by molar-refractivity contribution is 7.99. The van der Waals surface area contributed by atoms with Crippen LogP contribution in [0.4, 0.5) is 11.5 Å². The van der Waals surface area contributed by atoms with Gasteiger partial charge in [-0.15, -0.1) is 11.8 Å². The monoisotopic (exact) mass is 255 g/mol. The molecule has 1 unspecified atom stereocenters. The van der Waals surface area contributed by atoms with Gasteiger partial charge < -0.3 is 5.32 Å². The van der Waals surface area contributed by atoms with Gasteiger partial charge >= 0.3 is 0 Å². The van der Waals surface area contributed by atoms with Gasteiger partial charge in [0.25, 0.3) is 5.69 Å².